The molecular weight excluding hydrogens is 865 g/mol. The lowest BCUT2D eigenvalue weighted by molar-refractivity contribution is -0.234. The molecule has 0 bridgehead atoms. The number of hydrogen-bond donors (Lipinski definition) is 5. The maximum atomic E-state index is 14.1. The Balaban J connectivity index is 5.31. The van der Waals surface area contributed by atoms with Crippen LogP contribution in [0.1, 0.15) is 329 Å². The molecule has 0 saturated heterocycles. The molecule has 0 aromatic heterocycles. The lowest BCUT2D eigenvalue weighted by Crippen LogP contribution is -2.76. The number of aliphatic hydroxyl groups is 5. The quantitative estimate of drug-likeness (QED) is 0.0294. The van der Waals surface area contributed by atoms with Crippen LogP contribution in [-0.2, 0) is 19.2 Å². The van der Waals surface area contributed by atoms with Crippen molar-refractivity contribution in [3.05, 3.63) is 0 Å². The van der Waals surface area contributed by atoms with Gasteiger partial charge in [0.2, 0.25) is 0 Å². The first-order chi connectivity index (χ1) is 33.5. The molecule has 0 fully saturated rings. The lowest BCUT2D eigenvalue weighted by atomic mass is 9.66. The van der Waals surface area contributed by atoms with E-state index in [0.29, 0.717) is 19.3 Å². The van der Waals surface area contributed by atoms with Gasteiger partial charge in [-0.2, -0.15) is 0 Å². The third kappa shape index (κ3) is 32.3. The summed E-state index contributed by atoms with van der Waals surface area (Å²) in [5, 5.41) is 58.0. The molecule has 9 nitrogen and oxygen atoms in total. The fraction of sp³-hybridized carbons (Fsp3) is 0.933. The van der Waals surface area contributed by atoms with E-state index in [1.165, 1.54) is 180 Å². The SMILES string of the molecule is CCCCCCCCCCCCCCCCCC(=O)C(O)[C@@H](O)[C@](O)(C(=O)CCCCCCCCCCCCCCCCC)[C@@](O)(C(=O)CCCCCCCCCCCCCCCCC)[C@@H](O)C=O. The minimum Gasteiger partial charge on any atom is -0.386 e. The Bertz CT molecular complexity index is 1190. The van der Waals surface area contributed by atoms with Gasteiger partial charge in [0.05, 0.1) is 0 Å². The van der Waals surface area contributed by atoms with E-state index in [1.54, 1.807) is 0 Å². The Morgan fingerprint density at radius 2 is 0.536 bits per heavy atom. The normalized spacial score (nSPS) is 14.8. The summed E-state index contributed by atoms with van der Waals surface area (Å²) in [4.78, 5) is 53.5. The first-order valence-corrected chi connectivity index (χ1v) is 30.0. The molecule has 1 unspecified atom stereocenters. The standard InChI is InChI=1S/C60H114O9/c1-4-7-10-13-16-19-22-25-28-31-34-37-40-43-46-49-53(62)57(66)58(67)60(69,55(64)51-48-45-42-39-36-33-30-27-24-21-18-15-12-9-6-3)59(68,56(65)52-61)54(63)50-47-44-41-38-35-32-29-26-23-20-17-14-11-8-5-2/h52,56-58,65-69H,4-51H2,1-3H3/t56-,57?,58+,59+,60+/m0/s1. The molecule has 5 N–H and O–H groups in total. The fourth-order valence-corrected chi connectivity index (χ4v) is 10.2. The van der Waals surface area contributed by atoms with Crippen molar-refractivity contribution in [2.45, 2.75) is 358 Å². The molecule has 0 heterocycles. The van der Waals surface area contributed by atoms with Crippen LogP contribution in [0.4, 0.5) is 0 Å². The molecular formula is C60H114O9. The zero-order chi connectivity index (χ0) is 51.1. The Morgan fingerprint density at radius 1 is 0.333 bits per heavy atom. The van der Waals surface area contributed by atoms with E-state index < -0.39 is 46.9 Å². The summed E-state index contributed by atoms with van der Waals surface area (Å²) < 4.78 is 0. The number of carbonyl (C=O) groups excluding carboxylic acids is 4. The first kappa shape index (κ1) is 67.5. The molecule has 0 spiro atoms. The number of aldehydes is 1. The Labute approximate surface area is 425 Å². The van der Waals surface area contributed by atoms with E-state index in [0.717, 1.165) is 77.0 Å². The second-order valence-corrected chi connectivity index (χ2v) is 21.4. The Kier molecular flexibility index (Phi) is 46.4. The Hall–Kier alpha value is -1.52. The second kappa shape index (κ2) is 47.5. The third-order valence-electron chi connectivity index (χ3n) is 15.1. The average molecular weight is 980 g/mol. The van der Waals surface area contributed by atoms with Gasteiger partial charge in [0, 0.05) is 19.3 Å². The third-order valence-corrected chi connectivity index (χ3v) is 15.1. The summed E-state index contributed by atoms with van der Waals surface area (Å²) in [5.41, 5.74) is -6.97. The molecule has 5 atom stereocenters. The predicted molar refractivity (Wildman–Crippen MR) is 288 cm³/mol. The summed E-state index contributed by atoms with van der Waals surface area (Å²) in [7, 11) is 0. The monoisotopic (exact) mass is 979 g/mol. The largest absolute Gasteiger partial charge is 0.386 e. The van der Waals surface area contributed by atoms with Gasteiger partial charge in [-0.1, -0.05) is 290 Å². The van der Waals surface area contributed by atoms with Crippen molar-refractivity contribution < 1.29 is 44.7 Å². The lowest BCUT2D eigenvalue weighted by Gasteiger charge is -2.46. The van der Waals surface area contributed by atoms with Crippen molar-refractivity contribution >= 4 is 23.6 Å². The van der Waals surface area contributed by atoms with Gasteiger partial charge in [0.1, 0.15) is 18.3 Å². The fourth-order valence-electron chi connectivity index (χ4n) is 10.2. The molecule has 0 aromatic carbocycles. The average Bonchev–Trinajstić information content (AvgIpc) is 3.35. The number of aliphatic hydroxyl groups excluding tert-OH is 3. The van der Waals surface area contributed by atoms with E-state index in [9.17, 15) is 44.7 Å². The van der Waals surface area contributed by atoms with Crippen molar-refractivity contribution in [3.63, 3.8) is 0 Å². The highest BCUT2D eigenvalue weighted by Gasteiger charge is 2.67. The highest BCUT2D eigenvalue weighted by molar-refractivity contribution is 6.02. The predicted octanol–water partition coefficient (Wildman–Crippen LogP) is 15.2. The van der Waals surface area contributed by atoms with E-state index in [4.69, 9.17) is 0 Å². The number of hydrogen-bond acceptors (Lipinski definition) is 9. The van der Waals surface area contributed by atoms with E-state index in [-0.39, 0.29) is 38.4 Å². The van der Waals surface area contributed by atoms with Crippen molar-refractivity contribution in [1.82, 2.24) is 0 Å². The highest BCUT2D eigenvalue weighted by Crippen LogP contribution is 2.36. The van der Waals surface area contributed by atoms with Crippen LogP contribution in [0.25, 0.3) is 0 Å². The van der Waals surface area contributed by atoms with Gasteiger partial charge in [0.15, 0.2) is 34.8 Å². The summed E-state index contributed by atoms with van der Waals surface area (Å²) in [6.45, 7) is 6.71. The smallest absolute Gasteiger partial charge is 0.194 e. The van der Waals surface area contributed by atoms with Gasteiger partial charge >= 0.3 is 0 Å². The molecule has 69 heavy (non-hydrogen) atoms. The summed E-state index contributed by atoms with van der Waals surface area (Å²) >= 11 is 0. The summed E-state index contributed by atoms with van der Waals surface area (Å²) in [6, 6.07) is 0. The van der Waals surface area contributed by atoms with Gasteiger partial charge in [-0.3, -0.25) is 14.4 Å². The number of Topliss-reactive ketones (excluding diaryl/α,β-unsaturated/α-hetero) is 3. The number of unbranched alkanes of at least 4 members (excludes halogenated alkanes) is 42. The maximum Gasteiger partial charge on any atom is 0.194 e. The van der Waals surface area contributed by atoms with E-state index in [2.05, 4.69) is 20.8 Å². The van der Waals surface area contributed by atoms with Gasteiger partial charge in [-0.05, 0) is 19.3 Å². The zero-order valence-corrected chi connectivity index (χ0v) is 45.6. The Morgan fingerprint density at radius 3 is 0.768 bits per heavy atom. The molecule has 0 aliphatic carbocycles. The minimum atomic E-state index is -3.50. The maximum absolute atomic E-state index is 14.1. The van der Waals surface area contributed by atoms with Gasteiger partial charge in [0.25, 0.3) is 0 Å². The van der Waals surface area contributed by atoms with E-state index in [1.807, 2.05) is 0 Å². The van der Waals surface area contributed by atoms with Gasteiger partial charge in [-0.25, -0.2) is 0 Å². The molecule has 0 saturated carbocycles. The van der Waals surface area contributed by atoms with Crippen LogP contribution in [0.5, 0.6) is 0 Å². The number of ketones is 3. The van der Waals surface area contributed by atoms with Crippen molar-refractivity contribution in [2.24, 2.45) is 0 Å². The summed E-state index contributed by atoms with van der Waals surface area (Å²) in [6.07, 6.45) is 41.5. The van der Waals surface area contributed by atoms with Crippen LogP contribution >= 0.6 is 0 Å². The van der Waals surface area contributed by atoms with Crippen LogP contribution in [0.15, 0.2) is 0 Å². The van der Waals surface area contributed by atoms with Crippen molar-refractivity contribution in [1.29, 1.82) is 0 Å². The van der Waals surface area contributed by atoms with Crippen molar-refractivity contribution in [3.8, 4) is 0 Å². The van der Waals surface area contributed by atoms with Crippen LogP contribution in [0, 0.1) is 0 Å². The van der Waals surface area contributed by atoms with Crippen LogP contribution in [-0.4, -0.2) is 78.7 Å². The molecule has 9 heteroatoms. The topological polar surface area (TPSA) is 169 Å². The number of carbonyl (C=O) groups is 4. The molecule has 0 aliphatic rings. The number of rotatable bonds is 56. The molecule has 0 aromatic rings. The zero-order valence-electron chi connectivity index (χ0n) is 45.6. The molecule has 0 aliphatic heterocycles. The summed E-state index contributed by atoms with van der Waals surface area (Å²) in [5.74, 6) is -3.20. The second-order valence-electron chi connectivity index (χ2n) is 21.4. The van der Waals surface area contributed by atoms with Crippen LogP contribution in [0.3, 0.4) is 0 Å². The van der Waals surface area contributed by atoms with E-state index >= 15 is 0 Å². The minimum absolute atomic E-state index is 0.132. The van der Waals surface area contributed by atoms with Crippen LogP contribution < -0.4 is 0 Å². The molecule has 0 rings (SSSR count). The molecule has 0 radical (unpaired) electrons. The van der Waals surface area contributed by atoms with Gasteiger partial charge < -0.3 is 30.3 Å². The molecule has 408 valence electrons. The van der Waals surface area contributed by atoms with Crippen molar-refractivity contribution in [2.75, 3.05) is 0 Å². The van der Waals surface area contributed by atoms with Gasteiger partial charge in [-0.15, -0.1) is 0 Å². The van der Waals surface area contributed by atoms with Crippen LogP contribution in [0.2, 0.25) is 0 Å². The first-order valence-electron chi connectivity index (χ1n) is 30.0. The highest BCUT2D eigenvalue weighted by atomic mass is 16.4. The molecule has 0 amide bonds.